The van der Waals surface area contributed by atoms with Crippen LogP contribution in [0.4, 0.5) is 5.69 Å². The van der Waals surface area contributed by atoms with Gasteiger partial charge in [-0.1, -0.05) is 42.5 Å². The molecule has 1 aliphatic carbocycles. The fraction of sp³-hybridized carbons (Fsp3) is 0.111. The minimum absolute atomic E-state index is 0.190. The molecule has 0 spiro atoms. The second kappa shape index (κ2) is 3.70. The monoisotopic (exact) mass is 272 g/mol. The van der Waals surface area contributed by atoms with E-state index in [0.29, 0.717) is 6.42 Å². The zero-order valence-corrected chi connectivity index (χ0v) is 11.3. The highest BCUT2D eigenvalue weighted by Crippen LogP contribution is 2.32. The third kappa shape index (κ3) is 1.33. The van der Waals surface area contributed by atoms with E-state index in [-0.39, 0.29) is 5.78 Å². The molecule has 3 nitrogen and oxygen atoms in total. The lowest BCUT2D eigenvalue weighted by atomic mass is 10.00. The fourth-order valence-electron chi connectivity index (χ4n) is 3.49. The summed E-state index contributed by atoms with van der Waals surface area (Å²) in [5.41, 5.74) is 4.11. The summed E-state index contributed by atoms with van der Waals surface area (Å²) in [5, 5.41) is 2.13. The molecule has 21 heavy (non-hydrogen) atoms. The Bertz CT molecular complexity index is 969. The zero-order chi connectivity index (χ0) is 14.0. The molecule has 2 aliphatic heterocycles. The van der Waals surface area contributed by atoms with E-state index < -0.39 is 0 Å². The van der Waals surface area contributed by atoms with Crippen molar-refractivity contribution in [2.45, 2.75) is 13.0 Å². The molecule has 100 valence electrons. The molecule has 2 aromatic rings. The Balaban J connectivity index is 1.90. The van der Waals surface area contributed by atoms with Crippen molar-refractivity contribution >= 4 is 29.1 Å². The normalized spacial score (nSPS) is 17.7. The highest BCUT2D eigenvalue weighted by atomic mass is 16.1. The Kier molecular flexibility index (Phi) is 1.94. The van der Waals surface area contributed by atoms with Crippen molar-refractivity contribution in [2.75, 3.05) is 0 Å². The van der Waals surface area contributed by atoms with Crippen molar-refractivity contribution in [3.8, 4) is 0 Å². The van der Waals surface area contributed by atoms with E-state index in [4.69, 9.17) is 4.99 Å². The first kappa shape index (κ1) is 11.0. The number of rotatable bonds is 0. The average Bonchev–Trinajstić information content (AvgIpc) is 2.88. The Hall–Kier alpha value is -2.68. The topological polar surface area (TPSA) is 32.7 Å². The fourth-order valence-corrected chi connectivity index (χ4v) is 3.49. The molecule has 5 rings (SSSR count). The first-order chi connectivity index (χ1) is 10.3. The van der Waals surface area contributed by atoms with Gasteiger partial charge in [-0.05, 0) is 16.8 Å². The van der Waals surface area contributed by atoms with Gasteiger partial charge in [-0.15, -0.1) is 0 Å². The van der Waals surface area contributed by atoms with Crippen LogP contribution in [0.25, 0.3) is 11.8 Å². The van der Waals surface area contributed by atoms with E-state index in [9.17, 15) is 4.79 Å². The van der Waals surface area contributed by atoms with Crippen LogP contribution in [0, 0.1) is 0 Å². The van der Waals surface area contributed by atoms with Gasteiger partial charge >= 0.3 is 0 Å². The third-order valence-electron chi connectivity index (χ3n) is 4.42. The Labute approximate surface area is 121 Å². The predicted molar refractivity (Wildman–Crippen MR) is 81.4 cm³/mol. The zero-order valence-electron chi connectivity index (χ0n) is 11.3. The van der Waals surface area contributed by atoms with Gasteiger partial charge in [0.2, 0.25) is 0 Å². The minimum atomic E-state index is 0.190. The molecule has 0 saturated heterocycles. The number of aliphatic imine (C=N–C) groups is 1. The van der Waals surface area contributed by atoms with Gasteiger partial charge in [-0.3, -0.25) is 4.79 Å². The van der Waals surface area contributed by atoms with E-state index >= 15 is 0 Å². The Morgan fingerprint density at radius 3 is 2.90 bits per heavy atom. The summed E-state index contributed by atoms with van der Waals surface area (Å²) in [6.07, 6.45) is 2.49. The molecule has 0 bridgehead atoms. The number of benzene rings is 2. The van der Waals surface area contributed by atoms with Crippen LogP contribution in [-0.4, -0.2) is 16.5 Å². The number of Topliss-reactive ketones (excluding diaryl/α,β-unsaturated/α-hetero) is 1. The molecule has 3 heteroatoms. The van der Waals surface area contributed by atoms with E-state index in [2.05, 4.69) is 23.1 Å². The van der Waals surface area contributed by atoms with Crippen molar-refractivity contribution < 1.29 is 4.79 Å². The van der Waals surface area contributed by atoms with Crippen molar-refractivity contribution in [1.29, 1.82) is 0 Å². The summed E-state index contributed by atoms with van der Waals surface area (Å²) in [6, 6.07) is 14.3. The maximum Gasteiger partial charge on any atom is 0.183 e. The maximum absolute atomic E-state index is 12.5. The number of nitrogens with zero attached hydrogens (tertiary/aromatic N) is 2. The lowest BCUT2D eigenvalue weighted by Gasteiger charge is -2.27. The standard InChI is InChI=1S/C18H12N2O/c21-15-9-8-11-5-3-7-14-16(11)17(15)20-10-12-4-1-2-6-13(12)18(20)19-14/h1-8H,9-10H2. The summed E-state index contributed by atoms with van der Waals surface area (Å²) in [6.45, 7) is 0.740. The molecule has 2 aromatic carbocycles. The summed E-state index contributed by atoms with van der Waals surface area (Å²) in [4.78, 5) is 19.4. The number of carbonyl (C=O) groups is 1. The highest BCUT2D eigenvalue weighted by molar-refractivity contribution is 6.24. The molecule has 0 saturated carbocycles. The summed E-state index contributed by atoms with van der Waals surface area (Å²) in [5.74, 6) is 1.11. The van der Waals surface area contributed by atoms with Gasteiger partial charge in [0.1, 0.15) is 5.84 Å². The minimum Gasteiger partial charge on any atom is -0.318 e. The van der Waals surface area contributed by atoms with E-state index in [1.165, 1.54) is 5.56 Å². The van der Waals surface area contributed by atoms with Crippen LogP contribution in [0.1, 0.15) is 17.5 Å². The number of hydrogen-bond donors (Lipinski definition) is 0. The van der Waals surface area contributed by atoms with Crippen molar-refractivity contribution in [3.63, 3.8) is 0 Å². The first-order valence-electron chi connectivity index (χ1n) is 7.14. The second-order valence-electron chi connectivity index (χ2n) is 5.60. The van der Waals surface area contributed by atoms with Gasteiger partial charge in [0.05, 0.1) is 17.9 Å². The van der Waals surface area contributed by atoms with Gasteiger partial charge in [0.15, 0.2) is 5.78 Å². The molecular formula is C18H12N2O. The molecule has 3 aliphatic rings. The quantitative estimate of drug-likeness (QED) is 0.727. The number of carbonyl (C=O) groups excluding carboxylic acids is 1. The van der Waals surface area contributed by atoms with E-state index in [0.717, 1.165) is 39.8 Å². The molecule has 0 aromatic heterocycles. The molecule has 0 fully saturated rings. The van der Waals surface area contributed by atoms with Crippen LogP contribution in [0.5, 0.6) is 0 Å². The maximum atomic E-state index is 12.5. The molecular weight excluding hydrogens is 260 g/mol. The molecule has 0 N–H and O–H groups in total. The largest absolute Gasteiger partial charge is 0.318 e. The molecule has 0 atom stereocenters. The predicted octanol–water partition coefficient (Wildman–Crippen LogP) is 1.46. The highest BCUT2D eigenvalue weighted by Gasteiger charge is 2.34. The van der Waals surface area contributed by atoms with Gasteiger partial charge in [0.25, 0.3) is 0 Å². The number of ketones is 1. The third-order valence-corrected chi connectivity index (χ3v) is 4.42. The molecule has 0 amide bonds. The van der Waals surface area contributed by atoms with E-state index in [1.54, 1.807) is 0 Å². The Morgan fingerprint density at radius 1 is 1.05 bits per heavy atom. The van der Waals surface area contributed by atoms with Crippen LogP contribution >= 0.6 is 0 Å². The van der Waals surface area contributed by atoms with Gasteiger partial charge < -0.3 is 4.90 Å². The number of amidine groups is 1. The van der Waals surface area contributed by atoms with Crippen LogP contribution in [0.15, 0.2) is 47.5 Å². The summed E-state index contributed by atoms with van der Waals surface area (Å²) >= 11 is 0. The van der Waals surface area contributed by atoms with E-state index in [1.807, 2.05) is 30.3 Å². The molecule has 0 radical (unpaired) electrons. The van der Waals surface area contributed by atoms with Crippen LogP contribution in [0.2, 0.25) is 0 Å². The van der Waals surface area contributed by atoms with Crippen LogP contribution < -0.4 is 10.4 Å². The van der Waals surface area contributed by atoms with Crippen LogP contribution in [0.3, 0.4) is 0 Å². The SMILES string of the molecule is O=C1CC=c2cccc3c2=C1N1Cc2ccccc2C1=N3. The number of fused-ring (bicyclic) bond motifs is 4. The molecule has 2 heterocycles. The smallest absolute Gasteiger partial charge is 0.183 e. The lowest BCUT2D eigenvalue weighted by Crippen LogP contribution is -2.43. The second-order valence-corrected chi connectivity index (χ2v) is 5.60. The first-order valence-corrected chi connectivity index (χ1v) is 7.14. The number of hydrogen-bond acceptors (Lipinski definition) is 3. The van der Waals surface area contributed by atoms with Gasteiger partial charge in [0, 0.05) is 17.2 Å². The van der Waals surface area contributed by atoms with Gasteiger partial charge in [-0.25, -0.2) is 4.99 Å². The lowest BCUT2D eigenvalue weighted by molar-refractivity contribution is -0.113. The van der Waals surface area contributed by atoms with Crippen molar-refractivity contribution in [3.05, 3.63) is 64.0 Å². The Morgan fingerprint density at radius 2 is 1.95 bits per heavy atom. The molecule has 0 unspecified atom stereocenters. The van der Waals surface area contributed by atoms with Crippen molar-refractivity contribution in [2.24, 2.45) is 4.99 Å². The average molecular weight is 272 g/mol. The van der Waals surface area contributed by atoms with Crippen molar-refractivity contribution in [1.82, 2.24) is 4.90 Å². The summed E-state index contributed by atoms with van der Waals surface area (Å²) in [7, 11) is 0. The summed E-state index contributed by atoms with van der Waals surface area (Å²) < 4.78 is 0. The van der Waals surface area contributed by atoms with Gasteiger partial charge in [-0.2, -0.15) is 0 Å². The van der Waals surface area contributed by atoms with Crippen LogP contribution in [-0.2, 0) is 11.3 Å².